The molecule has 3 heterocycles. The number of aryl methyl sites for hydroxylation is 1. The summed E-state index contributed by atoms with van der Waals surface area (Å²) in [6, 6.07) is 10.9. The second kappa shape index (κ2) is 11.1. The number of hydrogen-bond donors (Lipinski definition) is 4. The van der Waals surface area contributed by atoms with E-state index < -0.39 is 6.10 Å². The highest BCUT2D eigenvalue weighted by molar-refractivity contribution is 5.99. The molecular formula is C30H32N6O5. The molecule has 11 heteroatoms. The largest absolute Gasteiger partial charge is 0.495 e. The van der Waals surface area contributed by atoms with Gasteiger partial charge in [-0.05, 0) is 68.5 Å². The van der Waals surface area contributed by atoms with Crippen LogP contribution >= 0.6 is 0 Å². The second-order valence-corrected chi connectivity index (χ2v) is 10.3. The molecule has 1 amide bonds. The van der Waals surface area contributed by atoms with Crippen LogP contribution in [0.25, 0.3) is 33.3 Å². The van der Waals surface area contributed by atoms with Gasteiger partial charge < -0.3 is 34.6 Å². The summed E-state index contributed by atoms with van der Waals surface area (Å²) < 4.78 is 17.8. The Balaban J connectivity index is 1.36. The van der Waals surface area contributed by atoms with E-state index in [9.17, 15) is 9.90 Å². The van der Waals surface area contributed by atoms with Gasteiger partial charge in [0.25, 0.3) is 5.91 Å². The summed E-state index contributed by atoms with van der Waals surface area (Å²) in [6.45, 7) is 3.59. The van der Waals surface area contributed by atoms with Crippen molar-refractivity contribution >= 4 is 39.7 Å². The van der Waals surface area contributed by atoms with Crippen molar-refractivity contribution in [3.05, 3.63) is 54.0 Å². The van der Waals surface area contributed by atoms with Gasteiger partial charge in [-0.3, -0.25) is 4.79 Å². The van der Waals surface area contributed by atoms with Gasteiger partial charge in [-0.1, -0.05) is 6.07 Å². The molecule has 2 aromatic carbocycles. The van der Waals surface area contributed by atoms with Crippen molar-refractivity contribution < 1.29 is 23.8 Å². The zero-order chi connectivity index (χ0) is 28.5. The molecule has 0 radical (unpaired) electrons. The number of nitrogens with zero attached hydrogens (tertiary/aromatic N) is 3. The lowest BCUT2D eigenvalue weighted by Crippen LogP contribution is -2.30. The van der Waals surface area contributed by atoms with Gasteiger partial charge in [-0.2, -0.15) is 9.97 Å². The summed E-state index contributed by atoms with van der Waals surface area (Å²) in [5.41, 5.74) is 4.96. The lowest BCUT2D eigenvalue weighted by atomic mass is 10.1. The molecule has 11 nitrogen and oxygen atoms in total. The van der Waals surface area contributed by atoms with Crippen LogP contribution in [-0.4, -0.2) is 56.8 Å². The van der Waals surface area contributed by atoms with Crippen LogP contribution in [0.2, 0.25) is 0 Å². The summed E-state index contributed by atoms with van der Waals surface area (Å²) in [5, 5.41) is 16.2. The van der Waals surface area contributed by atoms with E-state index in [0.717, 1.165) is 47.7 Å². The van der Waals surface area contributed by atoms with Crippen molar-refractivity contribution in [1.82, 2.24) is 25.3 Å². The average Bonchev–Trinajstić information content (AvgIpc) is 3.71. The fraction of sp³-hybridized carbons (Fsp3) is 0.333. The van der Waals surface area contributed by atoms with Crippen molar-refractivity contribution in [3.63, 3.8) is 0 Å². The SMILES string of the molecule is COc1cc(C(=O)NC[C@@H](C)O)ccc1Nc1nc(OC2CCCC2)c2c(-c3ccc4nc(C)oc4c3)c[nH]c2n1. The molecule has 1 atom stereocenters. The highest BCUT2D eigenvalue weighted by Gasteiger charge is 2.23. The van der Waals surface area contributed by atoms with Crippen molar-refractivity contribution in [1.29, 1.82) is 0 Å². The molecule has 0 bridgehead atoms. The summed E-state index contributed by atoms with van der Waals surface area (Å²) in [4.78, 5) is 29.7. The van der Waals surface area contributed by atoms with Crippen LogP contribution in [0.5, 0.6) is 11.6 Å². The molecule has 0 unspecified atom stereocenters. The van der Waals surface area contributed by atoms with Crippen LogP contribution in [0.1, 0.15) is 48.9 Å². The molecular weight excluding hydrogens is 524 g/mol. The van der Waals surface area contributed by atoms with Crippen LogP contribution in [0.4, 0.5) is 11.6 Å². The number of aromatic nitrogens is 4. The Labute approximate surface area is 236 Å². The van der Waals surface area contributed by atoms with Crippen molar-refractivity contribution in [2.24, 2.45) is 0 Å². The number of nitrogens with one attached hydrogen (secondary N) is 3. The Morgan fingerprint density at radius 2 is 2.00 bits per heavy atom. The van der Waals surface area contributed by atoms with Crippen LogP contribution < -0.4 is 20.1 Å². The number of oxazole rings is 1. The molecule has 0 spiro atoms. The number of aliphatic hydroxyl groups excluding tert-OH is 1. The number of carbonyl (C=O) groups is 1. The predicted octanol–water partition coefficient (Wildman–Crippen LogP) is 5.26. The molecule has 1 aliphatic carbocycles. The minimum Gasteiger partial charge on any atom is -0.495 e. The smallest absolute Gasteiger partial charge is 0.251 e. The van der Waals surface area contributed by atoms with Gasteiger partial charge in [-0.15, -0.1) is 0 Å². The summed E-state index contributed by atoms with van der Waals surface area (Å²) in [5.74, 6) is 1.56. The van der Waals surface area contributed by atoms with Crippen LogP contribution in [0, 0.1) is 6.92 Å². The number of fused-ring (bicyclic) bond motifs is 2. The number of rotatable bonds is 9. The Morgan fingerprint density at radius 3 is 2.78 bits per heavy atom. The molecule has 5 aromatic rings. The van der Waals surface area contributed by atoms with E-state index >= 15 is 0 Å². The zero-order valence-electron chi connectivity index (χ0n) is 23.2. The number of anilines is 2. The summed E-state index contributed by atoms with van der Waals surface area (Å²) in [6.07, 6.45) is 5.54. The van der Waals surface area contributed by atoms with Gasteiger partial charge >= 0.3 is 0 Å². The number of hydrogen-bond acceptors (Lipinski definition) is 9. The number of carbonyl (C=O) groups excluding carboxylic acids is 1. The fourth-order valence-corrected chi connectivity index (χ4v) is 5.14. The fourth-order valence-electron chi connectivity index (χ4n) is 5.14. The van der Waals surface area contributed by atoms with Gasteiger partial charge in [-0.25, -0.2) is 4.98 Å². The first kappa shape index (κ1) is 26.6. The molecule has 1 saturated carbocycles. The average molecular weight is 557 g/mol. The van der Waals surface area contributed by atoms with Crippen LogP contribution in [-0.2, 0) is 0 Å². The quantitative estimate of drug-likeness (QED) is 0.191. The van der Waals surface area contributed by atoms with Gasteiger partial charge in [0, 0.05) is 30.8 Å². The molecule has 212 valence electrons. The van der Waals surface area contributed by atoms with E-state index in [1.807, 2.05) is 31.3 Å². The highest BCUT2D eigenvalue weighted by atomic mass is 16.5. The lowest BCUT2D eigenvalue weighted by Gasteiger charge is -2.16. The maximum absolute atomic E-state index is 12.5. The number of aliphatic hydroxyl groups is 1. The predicted molar refractivity (Wildman–Crippen MR) is 155 cm³/mol. The summed E-state index contributed by atoms with van der Waals surface area (Å²) >= 11 is 0. The highest BCUT2D eigenvalue weighted by Crippen LogP contribution is 2.38. The van der Waals surface area contributed by atoms with E-state index in [0.29, 0.717) is 45.9 Å². The molecule has 4 N–H and O–H groups in total. The van der Waals surface area contributed by atoms with E-state index in [-0.39, 0.29) is 18.6 Å². The third-order valence-corrected chi connectivity index (χ3v) is 7.15. The lowest BCUT2D eigenvalue weighted by molar-refractivity contribution is 0.0923. The third kappa shape index (κ3) is 5.53. The zero-order valence-corrected chi connectivity index (χ0v) is 23.2. The van der Waals surface area contributed by atoms with Crippen LogP contribution in [0.15, 0.2) is 47.0 Å². The standard InChI is InChI=1S/C30H32N6O5/c1-16(37)14-32-28(38)19-9-11-22(24(13-19)39-3)34-30-35-27-26(29(36-30)41-20-6-4-5-7-20)21(15-31-27)18-8-10-23-25(12-18)40-17(2)33-23/h8-13,15-16,20,37H,4-7,14H2,1-3H3,(H,32,38)(H2,31,34,35,36)/t16-/m1/s1. The number of aromatic amines is 1. The van der Waals surface area contributed by atoms with Crippen molar-refractivity contribution in [3.8, 4) is 22.8 Å². The molecule has 0 aliphatic heterocycles. The van der Waals surface area contributed by atoms with Gasteiger partial charge in [0.05, 0.1) is 24.3 Å². The van der Waals surface area contributed by atoms with E-state index in [2.05, 4.69) is 20.6 Å². The third-order valence-electron chi connectivity index (χ3n) is 7.15. The van der Waals surface area contributed by atoms with Gasteiger partial charge in [0.15, 0.2) is 11.5 Å². The molecule has 1 fully saturated rings. The summed E-state index contributed by atoms with van der Waals surface area (Å²) in [7, 11) is 1.53. The Hall–Kier alpha value is -4.64. The number of amides is 1. The monoisotopic (exact) mass is 556 g/mol. The van der Waals surface area contributed by atoms with Crippen LogP contribution in [0.3, 0.4) is 0 Å². The van der Waals surface area contributed by atoms with Gasteiger partial charge in [0.1, 0.15) is 23.0 Å². The topological polar surface area (TPSA) is 147 Å². The number of ether oxygens (including phenoxy) is 2. The molecule has 41 heavy (non-hydrogen) atoms. The minimum absolute atomic E-state index is 0.0806. The van der Waals surface area contributed by atoms with E-state index in [1.165, 1.54) is 7.11 Å². The second-order valence-electron chi connectivity index (χ2n) is 10.3. The molecule has 6 rings (SSSR count). The molecule has 3 aromatic heterocycles. The van der Waals surface area contributed by atoms with Crippen molar-refractivity contribution in [2.45, 2.75) is 51.7 Å². The first-order chi connectivity index (χ1) is 19.9. The first-order valence-electron chi connectivity index (χ1n) is 13.7. The maximum Gasteiger partial charge on any atom is 0.251 e. The number of benzene rings is 2. The first-order valence-corrected chi connectivity index (χ1v) is 13.7. The van der Waals surface area contributed by atoms with Crippen molar-refractivity contribution in [2.75, 3.05) is 19.0 Å². The number of methoxy groups -OCH3 is 1. The Kier molecular flexibility index (Phi) is 7.19. The molecule has 0 saturated heterocycles. The normalized spacial score (nSPS) is 14.4. The van der Waals surface area contributed by atoms with E-state index in [4.69, 9.17) is 23.9 Å². The molecule has 1 aliphatic rings. The van der Waals surface area contributed by atoms with Gasteiger partial charge in [0.2, 0.25) is 11.8 Å². The minimum atomic E-state index is -0.641. The maximum atomic E-state index is 12.5. The Morgan fingerprint density at radius 1 is 1.17 bits per heavy atom. The number of H-pyrrole nitrogens is 1. The van der Waals surface area contributed by atoms with E-state index in [1.54, 1.807) is 25.1 Å². The Bertz CT molecular complexity index is 1720.